The Balaban J connectivity index is 1.63. The van der Waals surface area contributed by atoms with Gasteiger partial charge < -0.3 is 19.3 Å². The molecule has 2 unspecified atom stereocenters. The van der Waals surface area contributed by atoms with Crippen LogP contribution >= 0.6 is 0 Å². The number of aliphatic hydroxyl groups excluding tert-OH is 1. The molecule has 0 aliphatic carbocycles. The molecule has 0 aromatic heterocycles. The van der Waals surface area contributed by atoms with Crippen LogP contribution in [-0.2, 0) is 4.74 Å². The van der Waals surface area contributed by atoms with Crippen molar-refractivity contribution in [2.45, 2.75) is 18.6 Å². The van der Waals surface area contributed by atoms with Gasteiger partial charge in [0, 0.05) is 26.7 Å². The maximum absolute atomic E-state index is 10.4. The first-order valence-corrected chi connectivity index (χ1v) is 7.09. The third-order valence-electron chi connectivity index (χ3n) is 3.94. The molecule has 3 rings (SSSR count). The van der Waals surface area contributed by atoms with Gasteiger partial charge in [0.1, 0.15) is 13.2 Å². The van der Waals surface area contributed by atoms with Gasteiger partial charge in [0.15, 0.2) is 11.5 Å². The summed E-state index contributed by atoms with van der Waals surface area (Å²) in [5, 5.41) is 10.4. The number of methoxy groups -OCH3 is 1. The van der Waals surface area contributed by atoms with E-state index in [0.29, 0.717) is 25.9 Å². The van der Waals surface area contributed by atoms with E-state index in [1.54, 1.807) is 7.11 Å². The monoisotopic (exact) mass is 279 g/mol. The van der Waals surface area contributed by atoms with E-state index in [9.17, 15) is 5.11 Å². The summed E-state index contributed by atoms with van der Waals surface area (Å²) in [5.74, 6) is 1.48. The Bertz CT molecular complexity index is 465. The maximum Gasteiger partial charge on any atom is 0.161 e. The second kappa shape index (κ2) is 5.99. The summed E-state index contributed by atoms with van der Waals surface area (Å²) in [6, 6.07) is 5.65. The largest absolute Gasteiger partial charge is 0.486 e. The van der Waals surface area contributed by atoms with Crippen LogP contribution in [-0.4, -0.2) is 56.1 Å². The van der Waals surface area contributed by atoms with Crippen molar-refractivity contribution < 1.29 is 19.3 Å². The molecule has 5 heteroatoms. The van der Waals surface area contributed by atoms with Gasteiger partial charge in [0.2, 0.25) is 0 Å². The van der Waals surface area contributed by atoms with Crippen molar-refractivity contribution in [3.8, 4) is 11.5 Å². The fraction of sp³-hybridized carbons (Fsp3) is 0.600. The third kappa shape index (κ3) is 2.90. The zero-order valence-electron chi connectivity index (χ0n) is 11.7. The minimum atomic E-state index is -0.513. The fourth-order valence-corrected chi connectivity index (χ4v) is 2.77. The van der Waals surface area contributed by atoms with E-state index in [1.165, 1.54) is 0 Å². The van der Waals surface area contributed by atoms with Crippen LogP contribution in [0.25, 0.3) is 0 Å². The van der Waals surface area contributed by atoms with E-state index in [2.05, 4.69) is 4.90 Å². The molecule has 1 N–H and O–H groups in total. The first kappa shape index (κ1) is 13.7. The Morgan fingerprint density at radius 2 is 2.15 bits per heavy atom. The lowest BCUT2D eigenvalue weighted by Gasteiger charge is -2.22. The van der Waals surface area contributed by atoms with Gasteiger partial charge in [-0.05, 0) is 24.1 Å². The zero-order valence-corrected chi connectivity index (χ0v) is 11.7. The lowest BCUT2D eigenvalue weighted by Crippen LogP contribution is -2.28. The highest BCUT2D eigenvalue weighted by atomic mass is 16.6. The van der Waals surface area contributed by atoms with Gasteiger partial charge in [-0.1, -0.05) is 6.07 Å². The molecule has 2 heterocycles. The Morgan fingerprint density at radius 1 is 1.35 bits per heavy atom. The molecule has 0 saturated carbocycles. The van der Waals surface area contributed by atoms with Crippen molar-refractivity contribution >= 4 is 0 Å². The first-order valence-electron chi connectivity index (χ1n) is 7.09. The zero-order chi connectivity index (χ0) is 13.9. The minimum Gasteiger partial charge on any atom is -0.486 e. The van der Waals surface area contributed by atoms with Gasteiger partial charge in [-0.3, -0.25) is 4.90 Å². The summed E-state index contributed by atoms with van der Waals surface area (Å²) in [5.41, 5.74) is 0.870. The van der Waals surface area contributed by atoms with Crippen LogP contribution in [0.4, 0.5) is 0 Å². The minimum absolute atomic E-state index is 0.294. The van der Waals surface area contributed by atoms with Crippen LogP contribution in [0.15, 0.2) is 18.2 Å². The number of benzene rings is 1. The molecular weight excluding hydrogens is 258 g/mol. The number of hydrogen-bond acceptors (Lipinski definition) is 5. The van der Waals surface area contributed by atoms with E-state index >= 15 is 0 Å². The summed E-state index contributed by atoms with van der Waals surface area (Å²) in [4.78, 5) is 2.23. The van der Waals surface area contributed by atoms with E-state index in [-0.39, 0.29) is 0 Å². The van der Waals surface area contributed by atoms with Gasteiger partial charge >= 0.3 is 0 Å². The number of likely N-dealkylation sites (tertiary alicyclic amines) is 1. The van der Waals surface area contributed by atoms with Crippen LogP contribution in [0.5, 0.6) is 11.5 Å². The molecular formula is C15H21NO4. The quantitative estimate of drug-likeness (QED) is 0.898. The van der Waals surface area contributed by atoms with Crippen LogP contribution < -0.4 is 9.47 Å². The van der Waals surface area contributed by atoms with E-state index < -0.39 is 6.10 Å². The van der Waals surface area contributed by atoms with Gasteiger partial charge in [-0.15, -0.1) is 0 Å². The first-order chi connectivity index (χ1) is 9.76. The number of hydrogen-bond donors (Lipinski definition) is 1. The highest BCUT2D eigenvalue weighted by molar-refractivity contribution is 5.44. The van der Waals surface area contributed by atoms with Crippen LogP contribution in [0, 0.1) is 0 Å². The molecule has 1 fully saturated rings. The highest BCUT2D eigenvalue weighted by Crippen LogP contribution is 2.33. The van der Waals surface area contributed by atoms with Crippen LogP contribution in [0.1, 0.15) is 18.1 Å². The Morgan fingerprint density at radius 3 is 2.90 bits per heavy atom. The average molecular weight is 279 g/mol. The molecule has 0 bridgehead atoms. The van der Waals surface area contributed by atoms with Crippen molar-refractivity contribution in [2.75, 3.05) is 40.0 Å². The fourth-order valence-electron chi connectivity index (χ4n) is 2.77. The van der Waals surface area contributed by atoms with Crippen LogP contribution in [0.2, 0.25) is 0 Å². The highest BCUT2D eigenvalue weighted by Gasteiger charge is 2.24. The molecule has 1 aromatic rings. The maximum atomic E-state index is 10.4. The van der Waals surface area contributed by atoms with Crippen molar-refractivity contribution in [3.05, 3.63) is 23.8 Å². The van der Waals surface area contributed by atoms with E-state index in [0.717, 1.165) is 36.6 Å². The lowest BCUT2D eigenvalue weighted by atomic mass is 10.1. The summed E-state index contributed by atoms with van der Waals surface area (Å²) in [7, 11) is 1.74. The summed E-state index contributed by atoms with van der Waals surface area (Å²) in [6.07, 6.45) is 0.813. The number of fused-ring (bicyclic) bond motifs is 1. The van der Waals surface area contributed by atoms with Crippen molar-refractivity contribution in [2.24, 2.45) is 0 Å². The predicted octanol–water partition coefficient (Wildman–Crippen LogP) is 1.21. The van der Waals surface area contributed by atoms with Gasteiger partial charge in [-0.2, -0.15) is 0 Å². The standard InChI is InChI=1S/C15H21NO4/c1-18-12-4-5-16(9-12)10-13(17)11-2-3-14-15(8-11)20-7-6-19-14/h2-3,8,12-13,17H,4-7,9-10H2,1H3. The molecule has 0 radical (unpaired) electrons. The summed E-state index contributed by atoms with van der Waals surface area (Å²) < 4.78 is 16.4. The molecule has 20 heavy (non-hydrogen) atoms. The topological polar surface area (TPSA) is 51.2 Å². The molecule has 2 atom stereocenters. The van der Waals surface area contributed by atoms with E-state index in [1.807, 2.05) is 18.2 Å². The number of nitrogens with zero attached hydrogens (tertiary/aromatic N) is 1. The van der Waals surface area contributed by atoms with Gasteiger partial charge in [0.05, 0.1) is 12.2 Å². The Kier molecular flexibility index (Phi) is 4.10. The molecule has 1 aromatic carbocycles. The van der Waals surface area contributed by atoms with E-state index in [4.69, 9.17) is 14.2 Å². The van der Waals surface area contributed by atoms with Crippen molar-refractivity contribution in [1.82, 2.24) is 4.90 Å². The number of ether oxygens (including phenoxy) is 3. The molecule has 2 aliphatic rings. The smallest absolute Gasteiger partial charge is 0.161 e. The van der Waals surface area contributed by atoms with Crippen molar-refractivity contribution in [3.63, 3.8) is 0 Å². The third-order valence-corrected chi connectivity index (χ3v) is 3.94. The Labute approximate surface area is 119 Å². The SMILES string of the molecule is COC1CCN(CC(O)c2ccc3c(c2)OCCO3)C1. The summed E-state index contributed by atoms with van der Waals surface area (Å²) in [6.45, 7) is 3.63. The second-order valence-electron chi connectivity index (χ2n) is 5.32. The van der Waals surface area contributed by atoms with Crippen LogP contribution in [0.3, 0.4) is 0 Å². The normalized spacial score (nSPS) is 23.8. The average Bonchev–Trinajstić information content (AvgIpc) is 2.94. The molecule has 110 valence electrons. The lowest BCUT2D eigenvalue weighted by molar-refractivity contribution is 0.0895. The van der Waals surface area contributed by atoms with Gasteiger partial charge in [-0.25, -0.2) is 0 Å². The second-order valence-corrected chi connectivity index (χ2v) is 5.32. The molecule has 5 nitrogen and oxygen atoms in total. The molecule has 0 amide bonds. The predicted molar refractivity (Wildman–Crippen MR) is 74.2 cm³/mol. The summed E-state index contributed by atoms with van der Waals surface area (Å²) >= 11 is 0. The molecule has 2 aliphatic heterocycles. The number of rotatable bonds is 4. The van der Waals surface area contributed by atoms with Gasteiger partial charge in [0.25, 0.3) is 0 Å². The number of β-amino-alcohol motifs (C(OH)–C–C–N with tert-alkyl or cyclic N) is 1. The molecule has 0 spiro atoms. The molecule has 1 saturated heterocycles. The Hall–Kier alpha value is -1.30. The van der Waals surface area contributed by atoms with Crippen molar-refractivity contribution in [1.29, 1.82) is 0 Å². The number of aliphatic hydroxyl groups is 1.